The van der Waals surface area contributed by atoms with Gasteiger partial charge in [-0.3, -0.25) is 0 Å². The van der Waals surface area contributed by atoms with Gasteiger partial charge in [-0.05, 0) is 12.1 Å². The average Bonchev–Trinajstić information content (AvgIpc) is 3.04. The Labute approximate surface area is 113 Å². The Hall–Kier alpha value is -2.81. The monoisotopic (exact) mass is 258 g/mol. The van der Waals surface area contributed by atoms with Crippen molar-refractivity contribution < 1.29 is 4.42 Å². The number of hydrogen-bond acceptors (Lipinski definition) is 2. The van der Waals surface area contributed by atoms with Gasteiger partial charge in [0.2, 0.25) is 5.71 Å². The van der Waals surface area contributed by atoms with Crippen LogP contribution in [-0.2, 0) is 0 Å². The van der Waals surface area contributed by atoms with E-state index in [2.05, 4.69) is 28.2 Å². The first-order valence-corrected chi connectivity index (χ1v) is 6.58. The number of fused-ring (bicyclic) bond motifs is 7. The lowest BCUT2D eigenvalue weighted by Crippen LogP contribution is -1.75. The smallest absolute Gasteiger partial charge is 0.229 e. The lowest BCUT2D eigenvalue weighted by atomic mass is 10.1. The molecule has 0 amide bonds. The van der Waals surface area contributed by atoms with Gasteiger partial charge in [-0.15, -0.1) is 0 Å². The Morgan fingerprint density at radius 3 is 2.60 bits per heavy atom. The van der Waals surface area contributed by atoms with Crippen LogP contribution in [0.3, 0.4) is 0 Å². The van der Waals surface area contributed by atoms with Crippen LogP contribution in [0, 0.1) is 0 Å². The van der Waals surface area contributed by atoms with Crippen molar-refractivity contribution in [2.45, 2.75) is 0 Å². The zero-order valence-corrected chi connectivity index (χ0v) is 10.6. The maximum absolute atomic E-state index is 5.83. The van der Waals surface area contributed by atoms with Gasteiger partial charge in [0.15, 0.2) is 0 Å². The summed E-state index contributed by atoms with van der Waals surface area (Å²) in [5, 5.41) is 4.50. The van der Waals surface area contributed by atoms with Crippen molar-refractivity contribution in [3.8, 4) is 0 Å². The summed E-state index contributed by atoms with van der Waals surface area (Å²) in [6.45, 7) is 0. The van der Waals surface area contributed by atoms with Crippen LogP contribution in [-0.4, -0.2) is 9.97 Å². The van der Waals surface area contributed by atoms with E-state index in [1.807, 2.05) is 36.5 Å². The predicted octanol–water partition coefficient (Wildman–Crippen LogP) is 4.62. The van der Waals surface area contributed by atoms with Crippen LogP contribution >= 0.6 is 0 Å². The van der Waals surface area contributed by atoms with Gasteiger partial charge in [-0.25, -0.2) is 4.98 Å². The van der Waals surface area contributed by atoms with Crippen LogP contribution in [0.25, 0.3) is 43.9 Å². The van der Waals surface area contributed by atoms with E-state index in [1.54, 1.807) is 0 Å². The number of furan rings is 1. The number of rotatable bonds is 0. The van der Waals surface area contributed by atoms with Crippen LogP contribution in [0.2, 0.25) is 0 Å². The highest BCUT2D eigenvalue weighted by atomic mass is 16.3. The fourth-order valence-corrected chi connectivity index (χ4v) is 2.98. The second kappa shape index (κ2) is 3.39. The molecule has 0 aliphatic carbocycles. The molecule has 94 valence electrons. The number of nitrogens with one attached hydrogen (secondary N) is 1. The van der Waals surface area contributed by atoms with Crippen molar-refractivity contribution in [1.82, 2.24) is 9.97 Å². The second-order valence-electron chi connectivity index (χ2n) is 5.00. The van der Waals surface area contributed by atoms with Crippen molar-refractivity contribution in [1.29, 1.82) is 0 Å². The maximum Gasteiger partial charge on any atom is 0.229 e. The van der Waals surface area contributed by atoms with Crippen molar-refractivity contribution >= 4 is 43.9 Å². The van der Waals surface area contributed by atoms with Gasteiger partial charge >= 0.3 is 0 Å². The normalized spacial score (nSPS) is 12.0. The number of hydrogen-bond donors (Lipinski definition) is 1. The van der Waals surface area contributed by atoms with Crippen LogP contribution in [0.4, 0.5) is 0 Å². The fourth-order valence-electron chi connectivity index (χ4n) is 2.98. The number of pyridine rings is 1. The number of nitrogens with zero attached hydrogens (tertiary/aromatic N) is 1. The summed E-state index contributed by atoms with van der Waals surface area (Å²) in [6.07, 6.45) is 1.89. The Morgan fingerprint density at radius 2 is 1.65 bits per heavy atom. The van der Waals surface area contributed by atoms with Crippen molar-refractivity contribution in [2.24, 2.45) is 0 Å². The summed E-state index contributed by atoms with van der Waals surface area (Å²) in [7, 11) is 0. The van der Waals surface area contributed by atoms with E-state index in [1.165, 1.54) is 5.39 Å². The van der Waals surface area contributed by atoms with Crippen LogP contribution in [0.1, 0.15) is 0 Å². The molecule has 5 aromatic rings. The SMILES string of the molecule is c1ccc2c(c1)[nH]c1c2cnc2oc3ccccc3c21. The molecule has 0 unspecified atom stereocenters. The van der Waals surface area contributed by atoms with E-state index in [9.17, 15) is 0 Å². The van der Waals surface area contributed by atoms with E-state index in [-0.39, 0.29) is 0 Å². The van der Waals surface area contributed by atoms with E-state index >= 15 is 0 Å². The van der Waals surface area contributed by atoms with Gasteiger partial charge in [-0.1, -0.05) is 36.4 Å². The topological polar surface area (TPSA) is 41.8 Å². The summed E-state index contributed by atoms with van der Waals surface area (Å²) in [6, 6.07) is 16.3. The van der Waals surface area contributed by atoms with Gasteiger partial charge < -0.3 is 9.40 Å². The minimum Gasteiger partial charge on any atom is -0.438 e. The van der Waals surface area contributed by atoms with Gasteiger partial charge in [0.1, 0.15) is 5.58 Å². The van der Waals surface area contributed by atoms with Crippen molar-refractivity contribution in [3.63, 3.8) is 0 Å². The molecular formula is C17H10N2O. The quantitative estimate of drug-likeness (QED) is 0.440. The zero-order valence-electron chi connectivity index (χ0n) is 10.6. The molecule has 0 fully saturated rings. The van der Waals surface area contributed by atoms with Gasteiger partial charge in [0.05, 0.1) is 10.9 Å². The molecule has 0 atom stereocenters. The highest BCUT2D eigenvalue weighted by Crippen LogP contribution is 2.35. The molecule has 0 saturated carbocycles. The molecule has 0 spiro atoms. The first kappa shape index (κ1) is 10.0. The molecule has 3 aromatic heterocycles. The number of para-hydroxylation sites is 2. The third kappa shape index (κ3) is 1.12. The fraction of sp³-hybridized carbons (Fsp3) is 0. The highest BCUT2D eigenvalue weighted by Gasteiger charge is 2.14. The van der Waals surface area contributed by atoms with Crippen LogP contribution in [0.5, 0.6) is 0 Å². The highest BCUT2D eigenvalue weighted by molar-refractivity contribution is 6.22. The first-order chi connectivity index (χ1) is 9.92. The largest absolute Gasteiger partial charge is 0.438 e. The summed E-state index contributed by atoms with van der Waals surface area (Å²) in [5.74, 6) is 0. The standard InChI is InChI=1S/C17H10N2O/c1-3-7-13-10(5-1)12-9-18-17-15(16(12)19-13)11-6-2-4-8-14(11)20-17/h1-9,19H. The molecule has 0 saturated heterocycles. The molecule has 3 heterocycles. The third-order valence-corrected chi connectivity index (χ3v) is 3.88. The van der Waals surface area contributed by atoms with Crippen molar-refractivity contribution in [2.75, 3.05) is 0 Å². The lowest BCUT2D eigenvalue weighted by Gasteiger charge is -1.92. The molecule has 2 aromatic carbocycles. The molecule has 5 rings (SSSR count). The van der Waals surface area contributed by atoms with Gasteiger partial charge in [0.25, 0.3) is 0 Å². The molecule has 0 aliphatic heterocycles. The predicted molar refractivity (Wildman–Crippen MR) is 80.9 cm³/mol. The number of benzene rings is 2. The first-order valence-electron chi connectivity index (χ1n) is 6.58. The van der Waals surface area contributed by atoms with Crippen molar-refractivity contribution in [3.05, 3.63) is 54.7 Å². The summed E-state index contributed by atoms with van der Waals surface area (Å²) in [5.41, 5.74) is 3.79. The summed E-state index contributed by atoms with van der Waals surface area (Å²) in [4.78, 5) is 7.98. The summed E-state index contributed by atoms with van der Waals surface area (Å²) >= 11 is 0. The molecule has 0 radical (unpaired) electrons. The average molecular weight is 258 g/mol. The maximum atomic E-state index is 5.83. The van der Waals surface area contributed by atoms with Crippen LogP contribution < -0.4 is 0 Å². The van der Waals surface area contributed by atoms with Gasteiger partial charge in [0, 0.05) is 27.9 Å². The van der Waals surface area contributed by atoms with Gasteiger partial charge in [-0.2, -0.15) is 0 Å². The number of aromatic amines is 1. The Bertz CT molecular complexity index is 1100. The Kier molecular flexibility index (Phi) is 1.70. The number of H-pyrrole nitrogens is 1. The molecule has 20 heavy (non-hydrogen) atoms. The van der Waals surface area contributed by atoms with E-state index < -0.39 is 0 Å². The molecule has 0 bridgehead atoms. The zero-order chi connectivity index (χ0) is 13.1. The van der Waals surface area contributed by atoms with E-state index in [0.717, 1.165) is 32.8 Å². The molecule has 3 nitrogen and oxygen atoms in total. The Balaban J connectivity index is 2.14. The third-order valence-electron chi connectivity index (χ3n) is 3.88. The minimum absolute atomic E-state index is 0.685. The van der Waals surface area contributed by atoms with Crippen LogP contribution in [0.15, 0.2) is 59.1 Å². The summed E-state index contributed by atoms with van der Waals surface area (Å²) < 4.78 is 5.83. The number of aromatic nitrogens is 2. The molecule has 3 heteroatoms. The molecular weight excluding hydrogens is 248 g/mol. The minimum atomic E-state index is 0.685. The lowest BCUT2D eigenvalue weighted by molar-refractivity contribution is 0.654. The van der Waals surface area contributed by atoms with E-state index in [4.69, 9.17) is 4.42 Å². The second-order valence-corrected chi connectivity index (χ2v) is 5.00. The Morgan fingerprint density at radius 1 is 0.850 bits per heavy atom. The van der Waals surface area contributed by atoms with E-state index in [0.29, 0.717) is 5.71 Å². The molecule has 1 N–H and O–H groups in total. The molecule has 0 aliphatic rings.